The number of aromatic hydroxyl groups is 1. The van der Waals surface area contributed by atoms with Crippen molar-refractivity contribution in [3.63, 3.8) is 0 Å². The van der Waals surface area contributed by atoms with Gasteiger partial charge in [0.1, 0.15) is 5.75 Å². The molecule has 2 aliphatic rings. The lowest BCUT2D eigenvalue weighted by Crippen LogP contribution is -2.47. The third-order valence-corrected chi connectivity index (χ3v) is 7.70. The minimum Gasteiger partial charge on any atom is -0.506 e. The fourth-order valence-electron chi connectivity index (χ4n) is 5.15. The number of aromatic nitrogens is 4. The van der Waals surface area contributed by atoms with Gasteiger partial charge in [-0.15, -0.1) is 12.4 Å². The fourth-order valence-corrected chi connectivity index (χ4v) is 5.27. The van der Waals surface area contributed by atoms with Crippen molar-refractivity contribution in [3.05, 3.63) is 77.6 Å². The van der Waals surface area contributed by atoms with Crippen LogP contribution >= 0.6 is 24.0 Å². The van der Waals surface area contributed by atoms with Gasteiger partial charge >= 0.3 is 0 Å². The zero-order chi connectivity index (χ0) is 28.9. The van der Waals surface area contributed by atoms with Gasteiger partial charge in [-0.05, 0) is 67.8 Å². The average molecular weight is 661 g/mol. The SMILES string of the molecule is Cl.N.N.O=C(Nc1ccc(Nc2nc(N3CCCCC3)nc(N3CCN(c4ccncc4)CC3)n2)cc1O)c1ccc(Cl)cc1.[HH].[HH]. The highest BCUT2D eigenvalue weighted by Gasteiger charge is 2.23. The number of nitrogens with one attached hydrogen (secondary N) is 2. The van der Waals surface area contributed by atoms with Crippen LogP contribution in [-0.4, -0.2) is 70.2 Å². The second-order valence-electron chi connectivity index (χ2n) is 10.3. The van der Waals surface area contributed by atoms with Crippen LogP contribution in [-0.2, 0) is 0 Å². The summed E-state index contributed by atoms with van der Waals surface area (Å²) in [4.78, 5) is 37.8. The van der Waals surface area contributed by atoms with Gasteiger partial charge in [0.05, 0.1) is 5.69 Å². The van der Waals surface area contributed by atoms with Crippen molar-refractivity contribution in [2.24, 2.45) is 0 Å². The molecule has 2 saturated heterocycles. The molecule has 0 saturated carbocycles. The molecule has 45 heavy (non-hydrogen) atoms. The number of phenols is 1. The number of hydrogen-bond acceptors (Lipinski definition) is 12. The predicted molar refractivity (Wildman–Crippen MR) is 187 cm³/mol. The van der Waals surface area contributed by atoms with E-state index >= 15 is 0 Å². The quantitative estimate of drug-likeness (QED) is 0.142. The summed E-state index contributed by atoms with van der Waals surface area (Å²) >= 11 is 5.92. The van der Waals surface area contributed by atoms with Crippen LogP contribution < -0.4 is 37.6 Å². The number of piperazine rings is 1. The van der Waals surface area contributed by atoms with Crippen LogP contribution in [0.25, 0.3) is 0 Å². The van der Waals surface area contributed by atoms with Crippen LogP contribution in [0.15, 0.2) is 67.0 Å². The molecule has 1 amide bonds. The number of anilines is 6. The van der Waals surface area contributed by atoms with Crippen molar-refractivity contribution in [2.75, 3.05) is 64.6 Å². The van der Waals surface area contributed by atoms with Crippen LogP contribution in [0, 0.1) is 0 Å². The summed E-state index contributed by atoms with van der Waals surface area (Å²) in [6, 6.07) is 15.5. The van der Waals surface area contributed by atoms with Gasteiger partial charge in [0.2, 0.25) is 17.8 Å². The monoisotopic (exact) mass is 659 g/mol. The number of rotatable bonds is 7. The van der Waals surface area contributed by atoms with E-state index in [1.165, 1.54) is 12.5 Å². The Kier molecular flexibility index (Phi) is 12.5. The van der Waals surface area contributed by atoms with E-state index in [4.69, 9.17) is 26.6 Å². The molecule has 15 heteroatoms. The molecule has 4 aromatic rings. The van der Waals surface area contributed by atoms with Gasteiger partial charge < -0.3 is 42.7 Å². The molecule has 0 spiro atoms. The van der Waals surface area contributed by atoms with E-state index in [0.29, 0.717) is 34.1 Å². The molecule has 0 radical (unpaired) electrons. The standard InChI is InChI=1S/C30H32ClN9O2.ClH.2H3N.2H2/c31-22-6-4-21(5-7-22)27(42)34-25-9-8-23(20-26(25)41)33-28-35-29(39-14-2-1-3-15-39)37-30(36-28)40-18-16-38(17-19-40)24-10-12-32-13-11-24;;;;;/h4-13,20,41H,1-3,14-19H2,(H,34,42)(H,33,35,36,37);1H;2*1H3;2*1H. The topological polar surface area (TPSA) is 193 Å². The number of nitrogens with zero attached hydrogens (tertiary/aromatic N) is 7. The second kappa shape index (κ2) is 16.0. The van der Waals surface area contributed by atoms with Crippen LogP contribution in [0.3, 0.4) is 0 Å². The Balaban J connectivity index is 0.00000221. The van der Waals surface area contributed by atoms with E-state index < -0.39 is 0 Å². The van der Waals surface area contributed by atoms with Gasteiger partial charge in [-0.25, -0.2) is 0 Å². The summed E-state index contributed by atoms with van der Waals surface area (Å²) in [5.41, 5.74) is 2.47. The van der Waals surface area contributed by atoms with Gasteiger partial charge in [-0.2, -0.15) is 15.0 Å². The highest BCUT2D eigenvalue weighted by molar-refractivity contribution is 6.30. The second-order valence-corrected chi connectivity index (χ2v) is 10.7. The minimum atomic E-state index is -0.347. The van der Waals surface area contributed by atoms with Gasteiger partial charge in [0.25, 0.3) is 5.91 Å². The Bertz CT molecular complexity index is 1550. The summed E-state index contributed by atoms with van der Waals surface area (Å²) in [7, 11) is 0. The van der Waals surface area contributed by atoms with E-state index in [0.717, 1.165) is 57.8 Å². The fraction of sp³-hybridized carbons (Fsp3) is 0.300. The maximum absolute atomic E-state index is 12.6. The van der Waals surface area contributed by atoms with E-state index in [9.17, 15) is 9.90 Å². The van der Waals surface area contributed by atoms with Crippen LogP contribution in [0.2, 0.25) is 5.02 Å². The molecule has 0 unspecified atom stereocenters. The largest absolute Gasteiger partial charge is 0.506 e. The van der Waals surface area contributed by atoms with E-state index in [1.54, 1.807) is 36.4 Å². The van der Waals surface area contributed by atoms with E-state index in [2.05, 4.69) is 30.3 Å². The first-order valence-electron chi connectivity index (χ1n) is 14.1. The molecule has 9 N–H and O–H groups in total. The number of phenolic OH excluding ortho intramolecular Hbond substituents is 1. The Hall–Kier alpha value is -4.43. The molecule has 0 aliphatic carbocycles. The third kappa shape index (κ3) is 8.60. The first-order valence-corrected chi connectivity index (χ1v) is 14.5. The zero-order valence-electron chi connectivity index (χ0n) is 24.9. The molecule has 4 heterocycles. The van der Waals surface area contributed by atoms with Gasteiger partial charge in [-0.3, -0.25) is 9.78 Å². The lowest BCUT2D eigenvalue weighted by molar-refractivity contribution is 0.102. The maximum Gasteiger partial charge on any atom is 0.255 e. The molecule has 2 fully saturated rings. The Morgan fingerprint density at radius 3 is 2.00 bits per heavy atom. The van der Waals surface area contributed by atoms with Crippen molar-refractivity contribution in [2.45, 2.75) is 19.3 Å². The smallest absolute Gasteiger partial charge is 0.255 e. The number of hydrogen-bond donors (Lipinski definition) is 5. The van der Waals surface area contributed by atoms with Crippen molar-refractivity contribution in [3.8, 4) is 5.75 Å². The zero-order valence-corrected chi connectivity index (χ0v) is 26.5. The first kappa shape index (κ1) is 35.1. The number of carbonyl (C=O) groups excluding carboxylic acids is 1. The molecular weight excluding hydrogens is 617 g/mol. The molecule has 0 atom stereocenters. The van der Waals surface area contributed by atoms with Crippen LogP contribution in [0.5, 0.6) is 5.75 Å². The predicted octanol–water partition coefficient (Wildman–Crippen LogP) is 6.18. The van der Waals surface area contributed by atoms with E-state index in [-0.39, 0.29) is 44.9 Å². The van der Waals surface area contributed by atoms with Crippen molar-refractivity contribution in [1.29, 1.82) is 0 Å². The Labute approximate surface area is 276 Å². The molecule has 2 aliphatic heterocycles. The minimum absolute atomic E-state index is 0. The third-order valence-electron chi connectivity index (χ3n) is 7.45. The van der Waals surface area contributed by atoms with Crippen molar-refractivity contribution < 1.29 is 12.8 Å². The lowest BCUT2D eigenvalue weighted by Gasteiger charge is -2.36. The average Bonchev–Trinajstić information content (AvgIpc) is 3.03. The maximum atomic E-state index is 12.6. The van der Waals surface area contributed by atoms with Gasteiger partial charge in [0.15, 0.2) is 0 Å². The number of carbonyl (C=O) groups is 1. The summed E-state index contributed by atoms with van der Waals surface area (Å²) < 4.78 is 0. The van der Waals surface area contributed by atoms with Crippen LogP contribution in [0.1, 0.15) is 32.5 Å². The molecule has 6 rings (SSSR count). The molecule has 13 nitrogen and oxygen atoms in total. The summed E-state index contributed by atoms with van der Waals surface area (Å²) in [5.74, 6) is 1.24. The Morgan fingerprint density at radius 1 is 0.778 bits per heavy atom. The first-order chi connectivity index (χ1) is 20.5. The summed E-state index contributed by atoms with van der Waals surface area (Å²) in [5, 5.41) is 17.2. The number of pyridine rings is 1. The molecule has 2 aromatic heterocycles. The van der Waals surface area contributed by atoms with Gasteiger partial charge in [-0.1, -0.05) is 11.6 Å². The number of benzene rings is 2. The van der Waals surface area contributed by atoms with Crippen molar-refractivity contribution >= 4 is 64.8 Å². The van der Waals surface area contributed by atoms with Crippen LogP contribution in [0.4, 0.5) is 34.9 Å². The highest BCUT2D eigenvalue weighted by atomic mass is 35.5. The molecule has 0 bridgehead atoms. The molecule has 244 valence electrons. The van der Waals surface area contributed by atoms with E-state index in [1.807, 2.05) is 24.5 Å². The van der Waals surface area contributed by atoms with Gasteiger partial charge in [0, 0.05) is 82.5 Å². The number of amides is 1. The summed E-state index contributed by atoms with van der Waals surface area (Å²) in [6.07, 6.45) is 7.04. The number of piperidine rings is 1. The lowest BCUT2D eigenvalue weighted by atomic mass is 10.1. The summed E-state index contributed by atoms with van der Waals surface area (Å²) in [6.45, 7) is 5.04. The normalized spacial score (nSPS) is 14.4. The van der Waals surface area contributed by atoms with Crippen molar-refractivity contribution in [1.82, 2.24) is 32.2 Å². The molecule has 2 aromatic carbocycles. The Morgan fingerprint density at radius 2 is 1.38 bits per heavy atom. The highest BCUT2D eigenvalue weighted by Crippen LogP contribution is 2.30. The molecular formula is C30H43Cl2N11O2. The number of halogens is 2.